The maximum Gasteiger partial charge on any atom is 0.290 e. The zero-order valence-electron chi connectivity index (χ0n) is 14.1. The highest BCUT2D eigenvalue weighted by Crippen LogP contribution is 2.28. The van der Waals surface area contributed by atoms with E-state index >= 15 is 0 Å². The van der Waals surface area contributed by atoms with Gasteiger partial charge in [0, 0.05) is 29.4 Å². The summed E-state index contributed by atoms with van der Waals surface area (Å²) in [6, 6.07) is 9.19. The van der Waals surface area contributed by atoms with E-state index < -0.39 is 11.1 Å². The van der Waals surface area contributed by atoms with Crippen LogP contribution < -0.4 is 10.1 Å². The molecule has 4 rings (SSSR count). The van der Waals surface area contributed by atoms with Crippen LogP contribution in [0.4, 0.5) is 4.79 Å². The molecule has 0 atom stereocenters. The molecule has 2 aromatic heterocycles. The van der Waals surface area contributed by atoms with Crippen LogP contribution in [0.3, 0.4) is 0 Å². The molecule has 0 aliphatic carbocycles. The fraction of sp³-hybridized carbons (Fsp3) is 0.0500. The number of nitrogens with zero attached hydrogens (tertiary/aromatic N) is 1. The standard InChI is InChI=1S/C20H12N2O4S/c1-25-15-4-2-3-12(7-15)5-6-13-10-21-11-14-8-16(26-18(13)14)9-17-19(23)22-20(24)27-17/h2-4,7-11H,1H3,(H,22,23,24). The average molecular weight is 376 g/mol. The lowest BCUT2D eigenvalue weighted by Crippen LogP contribution is -2.17. The number of carbonyl (C=O) groups excluding carboxylic acids is 2. The Morgan fingerprint density at radius 3 is 2.89 bits per heavy atom. The maximum absolute atomic E-state index is 11.7. The largest absolute Gasteiger partial charge is 0.497 e. The van der Waals surface area contributed by atoms with Gasteiger partial charge in [-0.2, -0.15) is 0 Å². The van der Waals surface area contributed by atoms with Gasteiger partial charge in [0.1, 0.15) is 11.5 Å². The molecule has 2 amide bonds. The van der Waals surface area contributed by atoms with Crippen LogP contribution in [0.2, 0.25) is 0 Å². The fourth-order valence-electron chi connectivity index (χ4n) is 2.53. The monoisotopic (exact) mass is 376 g/mol. The second kappa shape index (κ2) is 7.02. The summed E-state index contributed by atoms with van der Waals surface area (Å²) in [5.41, 5.74) is 2.00. The van der Waals surface area contributed by atoms with Gasteiger partial charge in [0.2, 0.25) is 0 Å². The number of methoxy groups -OCH3 is 1. The van der Waals surface area contributed by atoms with Crippen molar-refractivity contribution in [3.05, 3.63) is 64.5 Å². The number of rotatable bonds is 2. The van der Waals surface area contributed by atoms with Crippen molar-refractivity contribution in [2.24, 2.45) is 0 Å². The Morgan fingerprint density at radius 2 is 2.11 bits per heavy atom. The van der Waals surface area contributed by atoms with Crippen LogP contribution in [0.5, 0.6) is 5.75 Å². The molecule has 1 aromatic carbocycles. The van der Waals surface area contributed by atoms with Crippen LogP contribution in [0.15, 0.2) is 52.0 Å². The smallest absolute Gasteiger partial charge is 0.290 e. The molecule has 132 valence electrons. The minimum absolute atomic E-state index is 0.288. The molecular formula is C20H12N2O4S. The third-order valence-corrected chi connectivity index (χ3v) is 4.58. The Balaban J connectivity index is 1.70. The number of benzene rings is 1. The molecule has 6 nitrogen and oxygen atoms in total. The molecule has 7 heteroatoms. The van der Waals surface area contributed by atoms with Gasteiger partial charge >= 0.3 is 0 Å². The number of aromatic nitrogens is 1. The van der Waals surface area contributed by atoms with Gasteiger partial charge in [-0.1, -0.05) is 17.9 Å². The molecule has 0 spiro atoms. The summed E-state index contributed by atoms with van der Waals surface area (Å²) in [6.07, 6.45) is 4.81. The average Bonchev–Trinajstić information content (AvgIpc) is 3.22. The molecule has 1 aliphatic heterocycles. The van der Waals surface area contributed by atoms with Crippen LogP contribution in [0, 0.1) is 11.8 Å². The second-order valence-corrected chi connectivity index (χ2v) is 6.60. The zero-order chi connectivity index (χ0) is 18.8. The number of pyridine rings is 1. The first-order valence-electron chi connectivity index (χ1n) is 7.91. The summed E-state index contributed by atoms with van der Waals surface area (Å²) in [5.74, 6) is 6.87. The Labute approximate surface area is 158 Å². The molecule has 1 fully saturated rings. The number of furan rings is 1. The highest BCUT2D eigenvalue weighted by Gasteiger charge is 2.25. The molecule has 0 radical (unpaired) electrons. The van der Waals surface area contributed by atoms with Gasteiger partial charge in [0.15, 0.2) is 5.58 Å². The molecule has 0 unspecified atom stereocenters. The first-order chi connectivity index (χ1) is 13.1. The van der Waals surface area contributed by atoms with Gasteiger partial charge in [-0.25, -0.2) is 0 Å². The Morgan fingerprint density at radius 1 is 1.22 bits per heavy atom. The predicted octanol–water partition coefficient (Wildman–Crippen LogP) is 3.56. The molecule has 0 bridgehead atoms. The van der Waals surface area contributed by atoms with Gasteiger partial charge in [0.05, 0.1) is 17.6 Å². The van der Waals surface area contributed by atoms with Crippen molar-refractivity contribution in [1.82, 2.24) is 10.3 Å². The molecule has 1 aliphatic rings. The van der Waals surface area contributed by atoms with E-state index in [9.17, 15) is 9.59 Å². The first-order valence-corrected chi connectivity index (χ1v) is 8.72. The van der Waals surface area contributed by atoms with Gasteiger partial charge < -0.3 is 9.15 Å². The SMILES string of the molecule is COc1cccc(C#Cc2cncc3cc(C=C4SC(=O)NC4=O)oc23)c1. The fourth-order valence-corrected chi connectivity index (χ4v) is 3.20. The third kappa shape index (κ3) is 3.57. The minimum atomic E-state index is -0.429. The minimum Gasteiger partial charge on any atom is -0.497 e. The number of hydrogen-bond acceptors (Lipinski definition) is 6. The molecule has 0 saturated carbocycles. The number of fused-ring (bicyclic) bond motifs is 1. The van der Waals surface area contributed by atoms with E-state index in [0.717, 1.165) is 28.5 Å². The van der Waals surface area contributed by atoms with Crippen molar-refractivity contribution in [3.63, 3.8) is 0 Å². The van der Waals surface area contributed by atoms with E-state index in [4.69, 9.17) is 9.15 Å². The predicted molar refractivity (Wildman–Crippen MR) is 102 cm³/mol. The van der Waals surface area contributed by atoms with Crippen molar-refractivity contribution in [2.45, 2.75) is 0 Å². The van der Waals surface area contributed by atoms with Crippen molar-refractivity contribution in [3.8, 4) is 17.6 Å². The highest BCUT2D eigenvalue weighted by atomic mass is 32.2. The van der Waals surface area contributed by atoms with Crippen LogP contribution in [0.1, 0.15) is 16.9 Å². The lowest BCUT2D eigenvalue weighted by Gasteiger charge is -1.98. The number of amides is 2. The van der Waals surface area contributed by atoms with Crippen molar-refractivity contribution in [2.75, 3.05) is 7.11 Å². The summed E-state index contributed by atoms with van der Waals surface area (Å²) in [5, 5.41) is 2.57. The van der Waals surface area contributed by atoms with E-state index in [1.165, 1.54) is 6.08 Å². The summed E-state index contributed by atoms with van der Waals surface area (Å²) >= 11 is 0.840. The van der Waals surface area contributed by atoms with E-state index in [2.05, 4.69) is 22.1 Å². The van der Waals surface area contributed by atoms with Crippen LogP contribution in [-0.4, -0.2) is 23.2 Å². The van der Waals surface area contributed by atoms with Gasteiger partial charge in [-0.15, -0.1) is 0 Å². The summed E-state index contributed by atoms with van der Waals surface area (Å²) in [4.78, 5) is 27.4. The molecule has 3 heterocycles. The number of thioether (sulfide) groups is 1. The van der Waals surface area contributed by atoms with Crippen molar-refractivity contribution >= 4 is 40.0 Å². The van der Waals surface area contributed by atoms with Gasteiger partial charge in [-0.3, -0.25) is 19.9 Å². The van der Waals surface area contributed by atoms with Crippen LogP contribution >= 0.6 is 11.8 Å². The molecule has 27 heavy (non-hydrogen) atoms. The molecule has 3 aromatic rings. The maximum atomic E-state index is 11.7. The molecule has 1 N–H and O–H groups in total. The van der Waals surface area contributed by atoms with Crippen LogP contribution in [-0.2, 0) is 4.79 Å². The third-order valence-electron chi connectivity index (χ3n) is 3.77. The number of hydrogen-bond donors (Lipinski definition) is 1. The number of carbonyl (C=O) groups is 2. The summed E-state index contributed by atoms with van der Waals surface area (Å²) < 4.78 is 11.0. The van der Waals surface area contributed by atoms with Gasteiger partial charge in [0.25, 0.3) is 11.1 Å². The summed E-state index contributed by atoms with van der Waals surface area (Å²) in [7, 11) is 1.60. The van der Waals surface area contributed by atoms with E-state index in [-0.39, 0.29) is 4.91 Å². The number of ether oxygens (including phenoxy) is 1. The van der Waals surface area contributed by atoms with Gasteiger partial charge in [-0.05, 0) is 36.0 Å². The molecular weight excluding hydrogens is 364 g/mol. The van der Waals surface area contributed by atoms with Crippen LogP contribution in [0.25, 0.3) is 17.0 Å². The highest BCUT2D eigenvalue weighted by molar-refractivity contribution is 8.18. The molecule has 1 saturated heterocycles. The van der Waals surface area contributed by atoms with E-state index in [1.807, 2.05) is 24.3 Å². The zero-order valence-corrected chi connectivity index (χ0v) is 14.9. The quantitative estimate of drug-likeness (QED) is 0.544. The Bertz CT molecular complexity index is 1170. The Kier molecular flexibility index (Phi) is 4.40. The first kappa shape index (κ1) is 16.9. The Hall–Kier alpha value is -3.50. The second-order valence-electron chi connectivity index (χ2n) is 5.59. The summed E-state index contributed by atoms with van der Waals surface area (Å²) in [6.45, 7) is 0. The lowest BCUT2D eigenvalue weighted by molar-refractivity contribution is -0.115. The lowest BCUT2D eigenvalue weighted by atomic mass is 10.2. The van der Waals surface area contributed by atoms with Crippen molar-refractivity contribution in [1.29, 1.82) is 0 Å². The normalized spacial score (nSPS) is 14.9. The van der Waals surface area contributed by atoms with Crippen molar-refractivity contribution < 1.29 is 18.7 Å². The van der Waals surface area contributed by atoms with E-state index in [1.54, 1.807) is 25.6 Å². The number of nitrogens with one attached hydrogen (secondary N) is 1. The topological polar surface area (TPSA) is 81.4 Å². The van der Waals surface area contributed by atoms with E-state index in [0.29, 0.717) is 16.9 Å². The number of imide groups is 1.